The topological polar surface area (TPSA) is 106 Å². The molecule has 150 valence electrons. The summed E-state index contributed by atoms with van der Waals surface area (Å²) < 4.78 is 9.99. The molecule has 28 heavy (non-hydrogen) atoms. The summed E-state index contributed by atoms with van der Waals surface area (Å²) in [5.41, 5.74) is 1.49. The molecule has 1 aromatic heterocycles. The van der Waals surface area contributed by atoms with Gasteiger partial charge in [0, 0.05) is 30.6 Å². The molecule has 2 rings (SSSR count). The SMILES string of the molecule is CCOC(=O)/C=C/c1ccc(NC(=O)NCCCc2nc(C(C)C)no2)cc1. The molecular weight excluding hydrogens is 360 g/mol. The van der Waals surface area contributed by atoms with Crippen LogP contribution in [-0.2, 0) is 16.0 Å². The Morgan fingerprint density at radius 2 is 2.00 bits per heavy atom. The third-order valence-corrected chi connectivity index (χ3v) is 3.72. The second-order valence-electron chi connectivity index (χ2n) is 6.39. The van der Waals surface area contributed by atoms with Crippen molar-refractivity contribution in [2.45, 2.75) is 39.5 Å². The maximum absolute atomic E-state index is 11.9. The molecule has 0 unspecified atom stereocenters. The quantitative estimate of drug-likeness (QED) is 0.388. The normalized spacial score (nSPS) is 11.0. The first-order valence-electron chi connectivity index (χ1n) is 9.30. The fourth-order valence-corrected chi connectivity index (χ4v) is 2.25. The van der Waals surface area contributed by atoms with Crippen LogP contribution in [-0.4, -0.2) is 35.3 Å². The van der Waals surface area contributed by atoms with Crippen LogP contribution in [0.1, 0.15) is 50.4 Å². The highest BCUT2D eigenvalue weighted by atomic mass is 16.5. The van der Waals surface area contributed by atoms with Crippen molar-refractivity contribution in [3.8, 4) is 0 Å². The zero-order valence-electron chi connectivity index (χ0n) is 16.4. The van der Waals surface area contributed by atoms with E-state index < -0.39 is 0 Å². The van der Waals surface area contributed by atoms with E-state index >= 15 is 0 Å². The summed E-state index contributed by atoms with van der Waals surface area (Å²) in [4.78, 5) is 27.5. The fourth-order valence-electron chi connectivity index (χ4n) is 2.25. The van der Waals surface area contributed by atoms with E-state index in [9.17, 15) is 9.59 Å². The molecule has 0 bridgehead atoms. The molecule has 0 aliphatic heterocycles. The Labute approximate surface area is 164 Å². The van der Waals surface area contributed by atoms with Crippen LogP contribution in [0.5, 0.6) is 0 Å². The second-order valence-corrected chi connectivity index (χ2v) is 6.39. The van der Waals surface area contributed by atoms with E-state index in [1.807, 2.05) is 13.8 Å². The van der Waals surface area contributed by atoms with E-state index in [1.165, 1.54) is 6.08 Å². The average molecular weight is 386 g/mol. The number of carbonyl (C=O) groups is 2. The number of esters is 1. The van der Waals surface area contributed by atoms with Crippen molar-refractivity contribution in [1.82, 2.24) is 15.5 Å². The smallest absolute Gasteiger partial charge is 0.330 e. The highest BCUT2D eigenvalue weighted by Crippen LogP contribution is 2.12. The van der Waals surface area contributed by atoms with Crippen LogP contribution in [0.2, 0.25) is 0 Å². The molecule has 0 aliphatic rings. The Hall–Kier alpha value is -3.16. The number of rotatable bonds is 9. The predicted molar refractivity (Wildman–Crippen MR) is 106 cm³/mol. The molecule has 0 saturated carbocycles. The molecule has 0 radical (unpaired) electrons. The molecule has 1 heterocycles. The molecule has 2 amide bonds. The summed E-state index contributed by atoms with van der Waals surface area (Å²) in [7, 11) is 0. The summed E-state index contributed by atoms with van der Waals surface area (Å²) in [5.74, 6) is 1.12. The van der Waals surface area contributed by atoms with Gasteiger partial charge in [0.1, 0.15) is 0 Å². The van der Waals surface area contributed by atoms with Crippen LogP contribution in [0.15, 0.2) is 34.9 Å². The Kier molecular flexibility index (Phi) is 8.20. The van der Waals surface area contributed by atoms with Crippen LogP contribution in [0, 0.1) is 0 Å². The van der Waals surface area contributed by atoms with E-state index in [4.69, 9.17) is 9.26 Å². The number of nitrogens with one attached hydrogen (secondary N) is 2. The Morgan fingerprint density at radius 3 is 2.64 bits per heavy atom. The lowest BCUT2D eigenvalue weighted by Crippen LogP contribution is -2.29. The number of aromatic nitrogens is 2. The number of anilines is 1. The van der Waals surface area contributed by atoms with E-state index in [-0.39, 0.29) is 17.9 Å². The fraction of sp³-hybridized carbons (Fsp3) is 0.400. The first-order chi connectivity index (χ1) is 13.5. The van der Waals surface area contributed by atoms with Gasteiger partial charge >= 0.3 is 12.0 Å². The molecule has 0 spiro atoms. The van der Waals surface area contributed by atoms with E-state index in [1.54, 1.807) is 37.3 Å². The van der Waals surface area contributed by atoms with Crippen molar-refractivity contribution in [1.29, 1.82) is 0 Å². The summed E-state index contributed by atoms with van der Waals surface area (Å²) in [5, 5.41) is 9.45. The van der Waals surface area contributed by atoms with Crippen molar-refractivity contribution in [2.24, 2.45) is 0 Å². The Morgan fingerprint density at radius 1 is 1.25 bits per heavy atom. The summed E-state index contributed by atoms with van der Waals surface area (Å²) in [6.45, 7) is 6.60. The number of aryl methyl sites for hydroxylation is 1. The molecule has 0 aliphatic carbocycles. The van der Waals surface area contributed by atoms with Crippen LogP contribution in [0.25, 0.3) is 6.08 Å². The van der Waals surface area contributed by atoms with Crippen molar-refractivity contribution < 1.29 is 18.8 Å². The van der Waals surface area contributed by atoms with Crippen LogP contribution >= 0.6 is 0 Å². The highest BCUT2D eigenvalue weighted by Gasteiger charge is 2.09. The minimum absolute atomic E-state index is 0.230. The molecule has 0 saturated heterocycles. The number of ether oxygens (including phenoxy) is 1. The lowest BCUT2D eigenvalue weighted by Gasteiger charge is -2.07. The minimum atomic E-state index is -0.384. The first kappa shape index (κ1) is 21.1. The zero-order chi connectivity index (χ0) is 20.4. The molecule has 0 fully saturated rings. The second kappa shape index (κ2) is 10.9. The molecule has 2 N–H and O–H groups in total. The number of carbonyl (C=O) groups excluding carboxylic acids is 2. The Balaban J connectivity index is 1.70. The van der Waals surface area contributed by atoms with Crippen molar-refractivity contribution in [2.75, 3.05) is 18.5 Å². The average Bonchev–Trinajstić information content (AvgIpc) is 3.14. The third-order valence-electron chi connectivity index (χ3n) is 3.72. The van der Waals surface area contributed by atoms with Gasteiger partial charge < -0.3 is 19.9 Å². The van der Waals surface area contributed by atoms with Gasteiger partial charge in [-0.3, -0.25) is 0 Å². The maximum atomic E-state index is 11.9. The van der Waals surface area contributed by atoms with E-state index in [0.29, 0.717) is 43.4 Å². The summed E-state index contributed by atoms with van der Waals surface area (Å²) in [6.07, 6.45) is 4.34. The number of hydrogen-bond donors (Lipinski definition) is 2. The number of urea groups is 1. The largest absolute Gasteiger partial charge is 0.463 e. The van der Waals surface area contributed by atoms with Crippen LogP contribution in [0.4, 0.5) is 10.5 Å². The standard InChI is InChI=1S/C20H26N4O4/c1-4-27-18(25)12-9-15-7-10-16(11-8-15)22-20(26)21-13-5-6-17-23-19(14(2)3)24-28-17/h7-12,14H,4-6,13H2,1-3H3,(H2,21,22,26)/b12-9+. The summed E-state index contributed by atoms with van der Waals surface area (Å²) >= 11 is 0. The lowest BCUT2D eigenvalue weighted by molar-refractivity contribution is -0.137. The number of amides is 2. The van der Waals surface area contributed by atoms with E-state index in [2.05, 4.69) is 20.8 Å². The van der Waals surface area contributed by atoms with Crippen LogP contribution < -0.4 is 10.6 Å². The van der Waals surface area contributed by atoms with Gasteiger partial charge in [0.25, 0.3) is 0 Å². The molecule has 8 heteroatoms. The number of nitrogens with zero attached hydrogens (tertiary/aromatic N) is 2. The predicted octanol–water partition coefficient (Wildman–Crippen LogP) is 3.52. The van der Waals surface area contributed by atoms with Gasteiger partial charge in [-0.2, -0.15) is 4.98 Å². The molecule has 8 nitrogen and oxygen atoms in total. The van der Waals surface area contributed by atoms with Gasteiger partial charge in [-0.1, -0.05) is 31.1 Å². The van der Waals surface area contributed by atoms with Gasteiger partial charge in [0.15, 0.2) is 5.82 Å². The third kappa shape index (κ3) is 7.22. The minimum Gasteiger partial charge on any atom is -0.463 e. The van der Waals surface area contributed by atoms with E-state index in [0.717, 1.165) is 5.56 Å². The van der Waals surface area contributed by atoms with Crippen molar-refractivity contribution >= 4 is 23.8 Å². The van der Waals surface area contributed by atoms with Crippen molar-refractivity contribution in [3.63, 3.8) is 0 Å². The van der Waals surface area contributed by atoms with Gasteiger partial charge in [-0.15, -0.1) is 0 Å². The van der Waals surface area contributed by atoms with Gasteiger partial charge in [0.2, 0.25) is 5.89 Å². The lowest BCUT2D eigenvalue weighted by atomic mass is 10.2. The molecule has 0 atom stereocenters. The zero-order valence-corrected chi connectivity index (χ0v) is 16.4. The van der Waals surface area contributed by atoms with Gasteiger partial charge in [-0.25, -0.2) is 9.59 Å². The Bertz CT molecular complexity index is 797. The molecule has 2 aromatic rings. The number of benzene rings is 1. The summed E-state index contributed by atoms with van der Waals surface area (Å²) in [6, 6.07) is 6.83. The van der Waals surface area contributed by atoms with Crippen LogP contribution in [0.3, 0.4) is 0 Å². The number of hydrogen-bond acceptors (Lipinski definition) is 6. The van der Waals surface area contributed by atoms with Gasteiger partial charge in [0.05, 0.1) is 6.61 Å². The maximum Gasteiger partial charge on any atom is 0.330 e. The molecule has 1 aromatic carbocycles. The van der Waals surface area contributed by atoms with Crippen molar-refractivity contribution in [3.05, 3.63) is 47.6 Å². The first-order valence-corrected chi connectivity index (χ1v) is 9.30. The van der Waals surface area contributed by atoms with Gasteiger partial charge in [-0.05, 0) is 37.1 Å². The molecular formula is C20H26N4O4. The highest BCUT2D eigenvalue weighted by molar-refractivity contribution is 5.90. The monoisotopic (exact) mass is 386 g/mol.